The molecular weight excluding hydrogens is 252 g/mol. The van der Waals surface area contributed by atoms with Crippen LogP contribution in [0.1, 0.15) is 12.0 Å². The first-order chi connectivity index (χ1) is 8.71. The van der Waals surface area contributed by atoms with Gasteiger partial charge in [-0.2, -0.15) is 23.0 Å². The maximum absolute atomic E-state index is 11.9. The Kier molecular flexibility index (Phi) is 3.89. The Bertz CT molecular complexity index is 494. The highest BCUT2D eigenvalue weighted by Crippen LogP contribution is 2.28. The number of carbonyl (C=O) groups is 1. The quantitative estimate of drug-likeness (QED) is 0.753. The molecule has 1 saturated heterocycles. The van der Waals surface area contributed by atoms with Gasteiger partial charge in [-0.15, -0.1) is 0 Å². The molecule has 0 radical (unpaired) electrons. The third kappa shape index (κ3) is 2.21. The first kappa shape index (κ1) is 12.9. The molecule has 0 aromatic carbocycles. The van der Waals surface area contributed by atoms with Crippen molar-refractivity contribution >= 4 is 24.4 Å². The van der Waals surface area contributed by atoms with Crippen LogP contribution in [0.2, 0.25) is 0 Å². The van der Waals surface area contributed by atoms with Crippen molar-refractivity contribution in [2.45, 2.75) is 13.0 Å². The molecule has 1 amide bonds. The van der Waals surface area contributed by atoms with Crippen LogP contribution in [0.3, 0.4) is 0 Å². The standard InChI is InChI=1S/C11H14N4O2S/c12-4-9-5-13-15(1-2-16)11(9)14-6-8(7-18)3-10(14)17/h5,8,16,18H,1-3,6-7H2. The zero-order valence-corrected chi connectivity index (χ0v) is 10.7. The number of nitriles is 1. The number of thiol groups is 1. The van der Waals surface area contributed by atoms with Crippen molar-refractivity contribution in [1.29, 1.82) is 5.26 Å². The maximum atomic E-state index is 11.9. The smallest absolute Gasteiger partial charge is 0.228 e. The fourth-order valence-corrected chi connectivity index (χ4v) is 2.35. The highest BCUT2D eigenvalue weighted by atomic mass is 32.1. The molecule has 2 rings (SSSR count). The Hall–Kier alpha value is -1.52. The molecule has 1 aromatic heterocycles. The first-order valence-corrected chi connectivity index (χ1v) is 6.32. The van der Waals surface area contributed by atoms with Crippen LogP contribution < -0.4 is 4.90 Å². The maximum Gasteiger partial charge on any atom is 0.228 e. The lowest BCUT2D eigenvalue weighted by Crippen LogP contribution is -2.28. The molecule has 1 aliphatic rings. The van der Waals surface area contributed by atoms with E-state index >= 15 is 0 Å². The van der Waals surface area contributed by atoms with E-state index < -0.39 is 0 Å². The van der Waals surface area contributed by atoms with E-state index in [-0.39, 0.29) is 25.0 Å². The van der Waals surface area contributed by atoms with E-state index in [0.717, 1.165) is 0 Å². The molecule has 0 spiro atoms. The van der Waals surface area contributed by atoms with Gasteiger partial charge in [0.25, 0.3) is 0 Å². The Balaban J connectivity index is 2.35. The summed E-state index contributed by atoms with van der Waals surface area (Å²) in [5.74, 6) is 1.30. The fourth-order valence-electron chi connectivity index (χ4n) is 2.11. The summed E-state index contributed by atoms with van der Waals surface area (Å²) in [7, 11) is 0. The summed E-state index contributed by atoms with van der Waals surface area (Å²) in [6.45, 7) is 0.734. The van der Waals surface area contributed by atoms with Gasteiger partial charge in [0.05, 0.1) is 19.3 Å². The second-order valence-corrected chi connectivity index (χ2v) is 4.56. The van der Waals surface area contributed by atoms with E-state index in [0.29, 0.717) is 30.1 Å². The van der Waals surface area contributed by atoms with Gasteiger partial charge in [0, 0.05) is 13.0 Å². The summed E-state index contributed by atoms with van der Waals surface area (Å²) in [5.41, 5.74) is 0.358. The number of carbonyl (C=O) groups excluding carboxylic acids is 1. The molecule has 7 heteroatoms. The predicted octanol–water partition coefficient (Wildman–Crippen LogP) is 0.0298. The lowest BCUT2D eigenvalue weighted by molar-refractivity contribution is -0.117. The molecule has 0 bridgehead atoms. The van der Waals surface area contributed by atoms with Crippen molar-refractivity contribution in [3.63, 3.8) is 0 Å². The number of rotatable bonds is 4. The lowest BCUT2D eigenvalue weighted by Gasteiger charge is -2.18. The number of aliphatic hydroxyl groups is 1. The zero-order valence-electron chi connectivity index (χ0n) is 9.78. The van der Waals surface area contributed by atoms with Gasteiger partial charge in [-0.3, -0.25) is 9.69 Å². The van der Waals surface area contributed by atoms with Gasteiger partial charge in [0.1, 0.15) is 11.6 Å². The highest BCUT2D eigenvalue weighted by molar-refractivity contribution is 7.80. The van der Waals surface area contributed by atoms with Gasteiger partial charge in [0.15, 0.2) is 5.82 Å². The Morgan fingerprint density at radius 3 is 3.00 bits per heavy atom. The van der Waals surface area contributed by atoms with E-state index in [1.807, 2.05) is 6.07 Å². The largest absolute Gasteiger partial charge is 0.394 e. The first-order valence-electron chi connectivity index (χ1n) is 5.69. The van der Waals surface area contributed by atoms with Crippen LogP contribution in [-0.2, 0) is 11.3 Å². The van der Waals surface area contributed by atoms with Gasteiger partial charge in [-0.1, -0.05) is 0 Å². The van der Waals surface area contributed by atoms with Crippen LogP contribution >= 0.6 is 12.6 Å². The summed E-state index contributed by atoms with van der Waals surface area (Å²) in [5, 5.41) is 22.1. The van der Waals surface area contributed by atoms with Crippen molar-refractivity contribution in [3.8, 4) is 6.07 Å². The average Bonchev–Trinajstić information content (AvgIpc) is 2.92. The fraction of sp³-hybridized carbons (Fsp3) is 0.545. The van der Waals surface area contributed by atoms with Crippen LogP contribution in [0.4, 0.5) is 5.82 Å². The van der Waals surface area contributed by atoms with Gasteiger partial charge in [-0.05, 0) is 11.7 Å². The van der Waals surface area contributed by atoms with Crippen molar-refractivity contribution < 1.29 is 9.90 Å². The molecular formula is C11H14N4O2S. The molecule has 0 saturated carbocycles. The molecule has 2 heterocycles. The number of nitrogens with zero attached hydrogens (tertiary/aromatic N) is 4. The van der Waals surface area contributed by atoms with Crippen LogP contribution in [-0.4, -0.2) is 39.7 Å². The molecule has 1 N–H and O–H groups in total. The van der Waals surface area contributed by atoms with Crippen LogP contribution in [0.5, 0.6) is 0 Å². The normalized spacial score (nSPS) is 19.3. The summed E-state index contributed by atoms with van der Waals surface area (Å²) in [4.78, 5) is 13.5. The van der Waals surface area contributed by atoms with E-state index in [9.17, 15) is 4.79 Å². The molecule has 0 aliphatic carbocycles. The third-order valence-electron chi connectivity index (χ3n) is 2.96. The van der Waals surface area contributed by atoms with Crippen molar-refractivity contribution in [3.05, 3.63) is 11.8 Å². The Morgan fingerprint density at radius 2 is 2.44 bits per heavy atom. The minimum absolute atomic E-state index is 0.0229. The van der Waals surface area contributed by atoms with Crippen molar-refractivity contribution in [1.82, 2.24) is 9.78 Å². The molecule has 1 unspecified atom stereocenters. The number of amides is 1. The summed E-state index contributed by atoms with van der Waals surface area (Å²) in [6, 6.07) is 2.03. The molecule has 1 fully saturated rings. The molecule has 18 heavy (non-hydrogen) atoms. The molecule has 1 aliphatic heterocycles. The van der Waals surface area contributed by atoms with Crippen LogP contribution in [0.15, 0.2) is 6.20 Å². The van der Waals surface area contributed by atoms with Gasteiger partial charge in [-0.25, -0.2) is 4.68 Å². The van der Waals surface area contributed by atoms with Gasteiger partial charge >= 0.3 is 0 Å². The monoisotopic (exact) mass is 266 g/mol. The van der Waals surface area contributed by atoms with Gasteiger partial charge < -0.3 is 5.11 Å². The molecule has 6 nitrogen and oxygen atoms in total. The Labute approximate surface area is 110 Å². The van der Waals surface area contributed by atoms with E-state index in [1.54, 1.807) is 4.90 Å². The number of anilines is 1. The number of aliphatic hydroxyl groups excluding tert-OH is 1. The van der Waals surface area contributed by atoms with Crippen LogP contribution in [0.25, 0.3) is 0 Å². The second-order valence-electron chi connectivity index (χ2n) is 4.20. The average molecular weight is 266 g/mol. The summed E-state index contributed by atoms with van der Waals surface area (Å²) < 4.78 is 1.50. The molecule has 1 aromatic rings. The SMILES string of the molecule is N#Cc1cnn(CCO)c1N1CC(CS)CC1=O. The molecule has 96 valence electrons. The molecule has 1 atom stereocenters. The predicted molar refractivity (Wildman–Crippen MR) is 68.3 cm³/mol. The van der Waals surface area contributed by atoms with Crippen molar-refractivity contribution in [2.24, 2.45) is 5.92 Å². The van der Waals surface area contributed by atoms with E-state index in [1.165, 1.54) is 10.9 Å². The van der Waals surface area contributed by atoms with Gasteiger partial charge in [0.2, 0.25) is 5.91 Å². The highest BCUT2D eigenvalue weighted by Gasteiger charge is 2.33. The van der Waals surface area contributed by atoms with E-state index in [4.69, 9.17) is 10.4 Å². The second kappa shape index (κ2) is 5.42. The number of hydrogen-bond acceptors (Lipinski definition) is 5. The number of hydrogen-bond donors (Lipinski definition) is 2. The summed E-state index contributed by atoms with van der Waals surface area (Å²) >= 11 is 4.20. The minimum Gasteiger partial charge on any atom is -0.394 e. The lowest BCUT2D eigenvalue weighted by atomic mass is 10.1. The van der Waals surface area contributed by atoms with E-state index in [2.05, 4.69) is 17.7 Å². The van der Waals surface area contributed by atoms with Crippen molar-refractivity contribution in [2.75, 3.05) is 23.8 Å². The minimum atomic E-state index is -0.0857. The topological polar surface area (TPSA) is 82.2 Å². The number of aromatic nitrogens is 2. The summed E-state index contributed by atoms with van der Waals surface area (Å²) in [6.07, 6.45) is 1.87. The van der Waals surface area contributed by atoms with Crippen LogP contribution in [0, 0.1) is 17.2 Å². The third-order valence-corrected chi connectivity index (χ3v) is 3.48. The Morgan fingerprint density at radius 1 is 1.67 bits per heavy atom. The zero-order chi connectivity index (χ0) is 13.1.